The molecule has 5 atom stereocenters. The van der Waals surface area contributed by atoms with Gasteiger partial charge in [0, 0.05) is 18.3 Å². The fourth-order valence-corrected chi connectivity index (χ4v) is 4.89. The molecule has 0 bridgehead atoms. The molecule has 184 valence electrons. The van der Waals surface area contributed by atoms with Crippen LogP contribution < -0.4 is 0 Å². The van der Waals surface area contributed by atoms with Crippen LogP contribution in [-0.2, 0) is 19.0 Å². The number of ether oxygens (including phenoxy) is 3. The monoisotopic (exact) mass is 476 g/mol. The van der Waals surface area contributed by atoms with Crippen LogP contribution in [0, 0.1) is 11.8 Å². The van der Waals surface area contributed by atoms with Gasteiger partial charge in [-0.15, -0.1) is 0 Å². The first-order valence-electron chi connectivity index (χ1n) is 12.4. The third-order valence-corrected chi connectivity index (χ3v) is 6.73. The quantitative estimate of drug-likeness (QED) is 0.194. The lowest BCUT2D eigenvalue weighted by atomic mass is 9.91. The zero-order valence-corrected chi connectivity index (χ0v) is 20.0. The lowest BCUT2D eigenvalue weighted by molar-refractivity contribution is -0.141. The van der Waals surface area contributed by atoms with Gasteiger partial charge in [-0.1, -0.05) is 62.2 Å². The molecule has 2 aromatic rings. The van der Waals surface area contributed by atoms with Gasteiger partial charge in [-0.25, -0.2) is 9.59 Å². The molecule has 35 heavy (non-hydrogen) atoms. The van der Waals surface area contributed by atoms with Crippen LogP contribution in [-0.4, -0.2) is 36.2 Å². The Morgan fingerprint density at radius 1 is 1.00 bits per heavy atom. The molecule has 6 heteroatoms. The van der Waals surface area contributed by atoms with Crippen LogP contribution in [0.5, 0.6) is 0 Å². The molecule has 1 aliphatic heterocycles. The van der Waals surface area contributed by atoms with Gasteiger partial charge in [-0.05, 0) is 43.2 Å². The molecular formula is C29H32O6. The molecule has 2 aromatic carbocycles. The van der Waals surface area contributed by atoms with E-state index < -0.39 is 18.2 Å². The van der Waals surface area contributed by atoms with Gasteiger partial charge in [0.15, 0.2) is 0 Å². The van der Waals surface area contributed by atoms with E-state index in [1.54, 1.807) is 48.5 Å². The first-order chi connectivity index (χ1) is 17.0. The van der Waals surface area contributed by atoms with Crippen molar-refractivity contribution in [3.8, 4) is 0 Å². The second kappa shape index (κ2) is 11.8. The average Bonchev–Trinajstić information content (AvgIpc) is 3.38. The molecule has 6 nitrogen and oxygen atoms in total. The summed E-state index contributed by atoms with van der Waals surface area (Å²) in [5, 5.41) is 0. The van der Waals surface area contributed by atoms with Crippen LogP contribution in [0.3, 0.4) is 0 Å². The van der Waals surface area contributed by atoms with Gasteiger partial charge in [0.05, 0.1) is 17.5 Å². The van der Waals surface area contributed by atoms with Gasteiger partial charge in [0.25, 0.3) is 0 Å². The highest BCUT2D eigenvalue weighted by molar-refractivity contribution is 5.90. The predicted molar refractivity (Wildman–Crippen MR) is 131 cm³/mol. The van der Waals surface area contributed by atoms with Crippen LogP contribution in [0.1, 0.15) is 66.2 Å². The largest absolute Gasteiger partial charge is 0.462 e. The topological polar surface area (TPSA) is 78.9 Å². The maximum atomic E-state index is 12.7. The Balaban J connectivity index is 1.49. The average molecular weight is 477 g/mol. The van der Waals surface area contributed by atoms with Crippen molar-refractivity contribution in [1.29, 1.82) is 0 Å². The molecule has 1 heterocycles. The number of hydrogen-bond acceptors (Lipinski definition) is 6. The summed E-state index contributed by atoms with van der Waals surface area (Å²) in [4.78, 5) is 37.4. The van der Waals surface area contributed by atoms with Crippen molar-refractivity contribution in [3.05, 3.63) is 83.9 Å². The lowest BCUT2D eigenvalue weighted by Gasteiger charge is -2.21. The number of fused-ring (bicyclic) bond motifs is 1. The molecule has 2 aliphatic rings. The molecule has 1 saturated carbocycles. The zero-order chi connectivity index (χ0) is 24.6. The zero-order valence-electron chi connectivity index (χ0n) is 20.0. The van der Waals surface area contributed by atoms with E-state index in [0.29, 0.717) is 30.4 Å². The number of carbonyl (C=O) groups excluding carboxylic acids is 3. The Kier molecular flexibility index (Phi) is 8.35. The SMILES string of the molecule is CCCCC[C@@H](/C=C/[C@@H]1[C@H]2CC(=O)O[C@H]2C[C@H]1OC(=O)c1ccccc1)OC(=O)c1ccccc1. The Hall–Kier alpha value is -3.41. The fourth-order valence-electron chi connectivity index (χ4n) is 4.89. The Bertz CT molecular complexity index is 1030. The third-order valence-electron chi connectivity index (χ3n) is 6.73. The van der Waals surface area contributed by atoms with Crippen LogP contribution in [0.15, 0.2) is 72.8 Å². The Morgan fingerprint density at radius 2 is 1.66 bits per heavy atom. The highest BCUT2D eigenvalue weighted by Gasteiger charge is 2.50. The van der Waals surface area contributed by atoms with E-state index in [4.69, 9.17) is 14.2 Å². The van der Waals surface area contributed by atoms with Gasteiger partial charge in [0.1, 0.15) is 18.3 Å². The van der Waals surface area contributed by atoms with E-state index in [-0.39, 0.29) is 29.9 Å². The van der Waals surface area contributed by atoms with E-state index in [9.17, 15) is 14.4 Å². The van der Waals surface area contributed by atoms with E-state index in [2.05, 4.69) is 6.92 Å². The lowest BCUT2D eigenvalue weighted by Crippen LogP contribution is -2.25. The molecule has 0 spiro atoms. The minimum atomic E-state index is -0.414. The number of unbranched alkanes of at least 4 members (excludes halogenated alkanes) is 2. The van der Waals surface area contributed by atoms with Crippen molar-refractivity contribution in [2.45, 2.75) is 63.8 Å². The summed E-state index contributed by atoms with van der Waals surface area (Å²) in [6.07, 6.45) is 7.27. The summed E-state index contributed by atoms with van der Waals surface area (Å²) in [6, 6.07) is 17.8. The van der Waals surface area contributed by atoms with Gasteiger partial charge in [-0.2, -0.15) is 0 Å². The molecule has 0 radical (unpaired) electrons. The molecule has 1 aliphatic carbocycles. The second-order valence-electron chi connectivity index (χ2n) is 9.21. The number of hydrogen-bond donors (Lipinski definition) is 0. The number of rotatable bonds is 10. The highest BCUT2D eigenvalue weighted by atomic mass is 16.6. The van der Waals surface area contributed by atoms with Crippen LogP contribution in [0.25, 0.3) is 0 Å². The summed E-state index contributed by atoms with van der Waals surface area (Å²) >= 11 is 0. The second-order valence-corrected chi connectivity index (χ2v) is 9.21. The highest BCUT2D eigenvalue weighted by Crippen LogP contribution is 2.43. The van der Waals surface area contributed by atoms with Gasteiger partial charge >= 0.3 is 17.9 Å². The predicted octanol–water partition coefficient (Wildman–Crippen LogP) is 5.53. The summed E-state index contributed by atoms with van der Waals surface area (Å²) < 4.78 is 17.2. The maximum absolute atomic E-state index is 12.7. The minimum absolute atomic E-state index is 0.0616. The number of benzene rings is 2. The molecule has 1 saturated heterocycles. The minimum Gasteiger partial charge on any atom is -0.462 e. The molecule has 0 amide bonds. The standard InChI is InChI=1S/C29H32O6/c1-2-3-6-15-22(33-28(31)20-11-7-4-8-12-20)16-17-23-24-18-27(30)34-26(24)19-25(23)35-29(32)21-13-9-5-10-14-21/h4-5,7-14,16-17,22-26H,2-3,6,15,18-19H2,1H3/b17-16+/t22-,23+,24+,25+,26-/m0/s1. The summed E-state index contributed by atoms with van der Waals surface area (Å²) in [7, 11) is 0. The van der Waals surface area contributed by atoms with Gasteiger partial charge < -0.3 is 14.2 Å². The Labute approximate surface area is 206 Å². The summed E-state index contributed by atoms with van der Waals surface area (Å²) in [5.74, 6) is -1.24. The number of esters is 3. The maximum Gasteiger partial charge on any atom is 0.338 e. The van der Waals surface area contributed by atoms with E-state index >= 15 is 0 Å². The van der Waals surface area contributed by atoms with E-state index in [1.807, 2.05) is 24.3 Å². The van der Waals surface area contributed by atoms with Crippen LogP contribution in [0.4, 0.5) is 0 Å². The number of carbonyl (C=O) groups is 3. The Morgan fingerprint density at radius 3 is 2.31 bits per heavy atom. The van der Waals surface area contributed by atoms with Crippen molar-refractivity contribution >= 4 is 17.9 Å². The summed E-state index contributed by atoms with van der Waals surface area (Å²) in [5.41, 5.74) is 0.991. The van der Waals surface area contributed by atoms with Gasteiger partial charge in [0.2, 0.25) is 0 Å². The molecule has 0 N–H and O–H groups in total. The van der Waals surface area contributed by atoms with E-state index in [0.717, 1.165) is 19.3 Å². The van der Waals surface area contributed by atoms with Crippen LogP contribution in [0.2, 0.25) is 0 Å². The normalized spacial score (nSPS) is 24.1. The van der Waals surface area contributed by atoms with Gasteiger partial charge in [-0.3, -0.25) is 4.79 Å². The van der Waals surface area contributed by atoms with E-state index in [1.165, 1.54) is 0 Å². The van der Waals surface area contributed by atoms with Crippen molar-refractivity contribution < 1.29 is 28.6 Å². The molecule has 0 aromatic heterocycles. The van der Waals surface area contributed by atoms with Crippen LogP contribution >= 0.6 is 0 Å². The molecule has 2 fully saturated rings. The van der Waals surface area contributed by atoms with Crippen molar-refractivity contribution in [2.75, 3.05) is 0 Å². The fraction of sp³-hybridized carbons (Fsp3) is 0.414. The molecule has 4 rings (SSSR count). The summed E-state index contributed by atoms with van der Waals surface area (Å²) in [6.45, 7) is 2.13. The molecule has 0 unspecified atom stereocenters. The van der Waals surface area contributed by atoms with Crippen molar-refractivity contribution in [3.63, 3.8) is 0 Å². The molecular weight excluding hydrogens is 444 g/mol. The van der Waals surface area contributed by atoms with Crippen molar-refractivity contribution in [1.82, 2.24) is 0 Å². The van der Waals surface area contributed by atoms with Crippen molar-refractivity contribution in [2.24, 2.45) is 11.8 Å². The first kappa shape index (κ1) is 24.7. The third kappa shape index (κ3) is 6.38. The smallest absolute Gasteiger partial charge is 0.338 e. The first-order valence-corrected chi connectivity index (χ1v) is 12.4.